The number of nitrogens with zero attached hydrogens (tertiary/aromatic N) is 1. The van der Waals surface area contributed by atoms with Gasteiger partial charge in [-0.15, -0.1) is 0 Å². The van der Waals surface area contributed by atoms with Gasteiger partial charge in [-0.1, -0.05) is 63.1 Å². The van der Waals surface area contributed by atoms with E-state index in [-0.39, 0.29) is 24.7 Å². The van der Waals surface area contributed by atoms with Crippen molar-refractivity contribution in [3.63, 3.8) is 0 Å². The third-order valence-electron chi connectivity index (χ3n) is 5.49. The fraction of sp³-hybridized carbons (Fsp3) is 0.462. The zero-order valence-electron chi connectivity index (χ0n) is 20.0. The molecule has 2 aromatic carbocycles. The topological polar surface area (TPSA) is 61.4 Å². The van der Waals surface area contributed by atoms with Crippen molar-refractivity contribution in [2.24, 2.45) is 0 Å². The minimum Gasteiger partial charge on any atom is -0.354 e. The van der Waals surface area contributed by atoms with Gasteiger partial charge in [-0.05, 0) is 48.9 Å². The minimum atomic E-state index is -4.54. The Hall–Kier alpha value is -2.74. The van der Waals surface area contributed by atoms with Crippen molar-refractivity contribution in [1.29, 1.82) is 0 Å². The van der Waals surface area contributed by atoms with Crippen LogP contribution in [0.25, 0.3) is 0 Å². The molecule has 35 heavy (non-hydrogen) atoms. The van der Waals surface area contributed by atoms with Crippen molar-refractivity contribution in [3.05, 3.63) is 59.1 Å². The molecule has 0 saturated heterocycles. The van der Waals surface area contributed by atoms with Gasteiger partial charge in [0.25, 0.3) is 0 Å². The van der Waals surface area contributed by atoms with Crippen LogP contribution in [0.4, 0.5) is 29.3 Å². The van der Waals surface area contributed by atoms with E-state index >= 15 is 0 Å². The Kier molecular flexibility index (Phi) is 11.9. The van der Waals surface area contributed by atoms with E-state index in [4.69, 9.17) is 11.6 Å². The molecular weight excluding hydrogens is 479 g/mol. The van der Waals surface area contributed by atoms with Crippen molar-refractivity contribution in [2.45, 2.75) is 64.5 Å². The molecule has 3 amide bonds. The second kappa shape index (κ2) is 14.6. The van der Waals surface area contributed by atoms with Crippen LogP contribution in [0.5, 0.6) is 0 Å². The summed E-state index contributed by atoms with van der Waals surface area (Å²) < 4.78 is 39.7. The lowest BCUT2D eigenvalue weighted by Crippen LogP contribution is -2.41. The van der Waals surface area contributed by atoms with E-state index in [2.05, 4.69) is 17.6 Å². The highest BCUT2D eigenvalue weighted by Crippen LogP contribution is 2.31. The van der Waals surface area contributed by atoms with E-state index < -0.39 is 17.8 Å². The van der Waals surface area contributed by atoms with Gasteiger partial charge in [0.15, 0.2) is 0 Å². The number of anilines is 2. The molecule has 0 heterocycles. The Morgan fingerprint density at radius 2 is 1.60 bits per heavy atom. The molecule has 2 N–H and O–H groups in total. The van der Waals surface area contributed by atoms with Crippen LogP contribution < -0.4 is 15.5 Å². The highest BCUT2D eigenvalue weighted by atomic mass is 35.5. The molecule has 0 saturated carbocycles. The molecule has 0 aromatic heterocycles. The lowest BCUT2D eigenvalue weighted by Gasteiger charge is -2.24. The first kappa shape index (κ1) is 28.5. The van der Waals surface area contributed by atoms with Crippen molar-refractivity contribution in [1.82, 2.24) is 5.32 Å². The van der Waals surface area contributed by atoms with Gasteiger partial charge in [-0.3, -0.25) is 9.69 Å². The smallest absolute Gasteiger partial charge is 0.354 e. The Bertz CT molecular complexity index is 936. The molecule has 0 aliphatic carbocycles. The number of carbonyl (C=O) groups excluding carboxylic acids is 2. The maximum Gasteiger partial charge on any atom is 0.416 e. The van der Waals surface area contributed by atoms with E-state index in [9.17, 15) is 22.8 Å². The molecule has 5 nitrogen and oxygen atoms in total. The summed E-state index contributed by atoms with van der Waals surface area (Å²) in [6.45, 7) is 2.28. The van der Waals surface area contributed by atoms with Crippen molar-refractivity contribution in [3.8, 4) is 0 Å². The molecule has 2 aromatic rings. The summed E-state index contributed by atoms with van der Waals surface area (Å²) in [5.74, 6) is -0.138. The minimum absolute atomic E-state index is 0.00346. The highest BCUT2D eigenvalue weighted by molar-refractivity contribution is 6.30. The summed E-state index contributed by atoms with van der Waals surface area (Å²) >= 11 is 5.87. The van der Waals surface area contributed by atoms with Gasteiger partial charge >= 0.3 is 12.2 Å². The molecule has 0 radical (unpaired) electrons. The van der Waals surface area contributed by atoms with Gasteiger partial charge in [-0.25, -0.2) is 4.79 Å². The summed E-state index contributed by atoms with van der Waals surface area (Å²) in [4.78, 5) is 26.3. The number of rotatable bonds is 13. The van der Waals surface area contributed by atoms with Crippen molar-refractivity contribution >= 4 is 34.9 Å². The zero-order chi connectivity index (χ0) is 25.7. The highest BCUT2D eigenvalue weighted by Gasteiger charge is 2.31. The maximum absolute atomic E-state index is 13.2. The number of benzene rings is 2. The first-order valence-corrected chi connectivity index (χ1v) is 12.4. The molecular formula is C26H33ClF3N3O2. The molecule has 0 spiro atoms. The predicted molar refractivity (Wildman–Crippen MR) is 135 cm³/mol. The first-order chi connectivity index (χ1) is 16.7. The van der Waals surface area contributed by atoms with Gasteiger partial charge in [0.05, 0.1) is 5.56 Å². The van der Waals surface area contributed by atoms with Gasteiger partial charge in [-0.2, -0.15) is 13.2 Å². The number of hydrogen-bond donors (Lipinski definition) is 2. The fourth-order valence-electron chi connectivity index (χ4n) is 3.56. The molecule has 0 bridgehead atoms. The summed E-state index contributed by atoms with van der Waals surface area (Å²) in [7, 11) is 0. The number of carbonyl (C=O) groups is 2. The van der Waals surface area contributed by atoms with E-state index in [0.717, 1.165) is 31.4 Å². The SMILES string of the molecule is CCCCCCCCCC(=O)NCCN(C(=O)Nc1ccc(Cl)cc1)c1cccc(C(F)(F)F)c1. The molecule has 0 aliphatic heterocycles. The molecule has 9 heteroatoms. The second-order valence-electron chi connectivity index (χ2n) is 8.36. The fourth-order valence-corrected chi connectivity index (χ4v) is 3.69. The Morgan fingerprint density at radius 1 is 0.943 bits per heavy atom. The predicted octanol–water partition coefficient (Wildman–Crippen LogP) is 7.65. The number of alkyl halides is 3. The number of halogens is 4. The van der Waals surface area contributed by atoms with Crippen LogP contribution in [-0.4, -0.2) is 25.0 Å². The van der Waals surface area contributed by atoms with E-state index in [0.29, 0.717) is 17.1 Å². The lowest BCUT2D eigenvalue weighted by atomic mass is 10.1. The van der Waals surface area contributed by atoms with Crippen LogP contribution in [0, 0.1) is 0 Å². The van der Waals surface area contributed by atoms with Crippen LogP contribution in [0.1, 0.15) is 63.9 Å². The zero-order valence-corrected chi connectivity index (χ0v) is 20.7. The maximum atomic E-state index is 13.2. The van der Waals surface area contributed by atoms with E-state index in [1.807, 2.05) is 0 Å². The van der Waals surface area contributed by atoms with Crippen LogP contribution in [0.2, 0.25) is 5.02 Å². The molecule has 0 atom stereocenters. The standard InChI is InChI=1S/C26H33ClF3N3O2/c1-2-3-4-5-6-7-8-12-24(34)31-17-18-33(23-11-9-10-20(19-23)26(28,29)30)25(35)32-22-15-13-21(27)14-16-22/h9-11,13-16,19H,2-8,12,17-18H2,1H3,(H,31,34)(H,32,35). The normalized spacial score (nSPS) is 11.2. The quantitative estimate of drug-likeness (QED) is 0.271. The second-order valence-corrected chi connectivity index (χ2v) is 8.79. The molecule has 2 rings (SSSR count). The Balaban J connectivity index is 1.96. The van der Waals surface area contributed by atoms with Gasteiger partial charge in [0.1, 0.15) is 0 Å². The monoisotopic (exact) mass is 511 g/mol. The summed E-state index contributed by atoms with van der Waals surface area (Å²) in [5, 5.41) is 5.91. The molecule has 0 unspecified atom stereocenters. The van der Waals surface area contributed by atoms with Crippen molar-refractivity contribution < 1.29 is 22.8 Å². The summed E-state index contributed by atoms with van der Waals surface area (Å²) in [6.07, 6.45) is 3.51. The molecule has 192 valence electrons. The van der Waals surface area contributed by atoms with Gasteiger partial charge < -0.3 is 10.6 Å². The van der Waals surface area contributed by atoms with Gasteiger partial charge in [0, 0.05) is 35.9 Å². The first-order valence-electron chi connectivity index (χ1n) is 12.0. The van der Waals surface area contributed by atoms with Crippen LogP contribution in [0.3, 0.4) is 0 Å². The number of unbranched alkanes of at least 4 members (excludes halogenated alkanes) is 6. The average Bonchev–Trinajstić information content (AvgIpc) is 2.82. The average molecular weight is 512 g/mol. The lowest BCUT2D eigenvalue weighted by molar-refractivity contribution is -0.137. The van der Waals surface area contributed by atoms with Crippen LogP contribution in [0.15, 0.2) is 48.5 Å². The van der Waals surface area contributed by atoms with Crippen LogP contribution in [-0.2, 0) is 11.0 Å². The number of amides is 3. The Morgan fingerprint density at radius 3 is 2.26 bits per heavy atom. The molecule has 0 fully saturated rings. The third kappa shape index (κ3) is 10.6. The third-order valence-corrected chi connectivity index (χ3v) is 5.74. The molecule has 0 aliphatic rings. The summed E-state index contributed by atoms with van der Waals surface area (Å²) in [6, 6.07) is 10.3. The largest absolute Gasteiger partial charge is 0.416 e. The number of nitrogens with one attached hydrogen (secondary N) is 2. The van der Waals surface area contributed by atoms with E-state index in [1.165, 1.54) is 42.7 Å². The van der Waals surface area contributed by atoms with Crippen molar-refractivity contribution in [2.75, 3.05) is 23.3 Å². The number of urea groups is 1. The van der Waals surface area contributed by atoms with Gasteiger partial charge in [0.2, 0.25) is 5.91 Å². The van der Waals surface area contributed by atoms with E-state index in [1.54, 1.807) is 24.3 Å². The van der Waals surface area contributed by atoms with Crippen LogP contribution >= 0.6 is 11.6 Å². The summed E-state index contributed by atoms with van der Waals surface area (Å²) in [5.41, 5.74) is -0.339. The Labute approximate surface area is 210 Å². The number of hydrogen-bond acceptors (Lipinski definition) is 2.